The quantitative estimate of drug-likeness (QED) is 0.739. The molecule has 1 heterocycles. The van der Waals surface area contributed by atoms with Crippen molar-refractivity contribution in [2.75, 3.05) is 0 Å². The molecule has 72 valence electrons. The van der Waals surface area contributed by atoms with Crippen LogP contribution in [0.2, 0.25) is 5.02 Å². The summed E-state index contributed by atoms with van der Waals surface area (Å²) in [5.74, 6) is 0. The lowest BCUT2D eigenvalue weighted by Crippen LogP contribution is -2.26. The molecule has 0 saturated carbocycles. The monoisotopic (exact) mass is 200 g/mol. The summed E-state index contributed by atoms with van der Waals surface area (Å²) in [4.78, 5) is 11.6. The maximum absolute atomic E-state index is 11.6. The van der Waals surface area contributed by atoms with Gasteiger partial charge in [0.15, 0.2) is 0 Å². The van der Waals surface area contributed by atoms with E-state index in [2.05, 4.69) is 0 Å². The Morgan fingerprint density at radius 2 is 2.00 bits per heavy atom. The molecule has 0 amide bonds. The van der Waals surface area contributed by atoms with Gasteiger partial charge in [-0.2, -0.15) is 0 Å². The summed E-state index contributed by atoms with van der Waals surface area (Å²) < 4.78 is 1.53. The second-order valence-corrected chi connectivity index (χ2v) is 3.45. The molecule has 1 rings (SSSR count). The van der Waals surface area contributed by atoms with Gasteiger partial charge in [-0.15, -0.1) is 0 Å². The normalized spacial score (nSPS) is 10.5. The van der Waals surface area contributed by atoms with Crippen LogP contribution in [0.3, 0.4) is 0 Å². The maximum Gasteiger partial charge on any atom is 0.255 e. The molecule has 0 aromatic carbocycles. The van der Waals surface area contributed by atoms with E-state index in [1.54, 1.807) is 7.05 Å². The number of aromatic nitrogens is 1. The van der Waals surface area contributed by atoms with Crippen molar-refractivity contribution in [3.63, 3.8) is 0 Å². The topological polar surface area (TPSA) is 48.0 Å². The van der Waals surface area contributed by atoms with Gasteiger partial charge in [0.1, 0.15) is 0 Å². The van der Waals surface area contributed by atoms with E-state index in [1.807, 2.05) is 13.8 Å². The van der Waals surface area contributed by atoms with Crippen molar-refractivity contribution in [2.45, 2.75) is 20.4 Å². The van der Waals surface area contributed by atoms with Crippen LogP contribution in [0.5, 0.6) is 0 Å². The molecule has 0 aliphatic rings. The molecule has 3 nitrogen and oxygen atoms in total. The van der Waals surface area contributed by atoms with E-state index in [0.29, 0.717) is 10.6 Å². The van der Waals surface area contributed by atoms with E-state index < -0.39 is 0 Å². The van der Waals surface area contributed by atoms with Crippen molar-refractivity contribution in [2.24, 2.45) is 12.8 Å². The Hall–Kier alpha value is -0.800. The molecule has 0 atom stereocenters. The van der Waals surface area contributed by atoms with E-state index in [1.165, 1.54) is 4.57 Å². The second kappa shape index (κ2) is 3.52. The molecule has 13 heavy (non-hydrogen) atoms. The van der Waals surface area contributed by atoms with Crippen molar-refractivity contribution in [1.29, 1.82) is 0 Å². The minimum absolute atomic E-state index is 0.0538. The number of hydrogen-bond donors (Lipinski definition) is 1. The molecule has 0 bridgehead atoms. The highest BCUT2D eigenvalue weighted by Gasteiger charge is 2.11. The summed E-state index contributed by atoms with van der Waals surface area (Å²) in [6.45, 7) is 3.87. The van der Waals surface area contributed by atoms with Crippen LogP contribution in [0.4, 0.5) is 0 Å². The lowest BCUT2D eigenvalue weighted by Gasteiger charge is -2.11. The van der Waals surface area contributed by atoms with Gasteiger partial charge < -0.3 is 10.3 Å². The Kier molecular flexibility index (Phi) is 2.78. The minimum atomic E-state index is -0.0538. The maximum atomic E-state index is 11.6. The van der Waals surface area contributed by atoms with E-state index in [9.17, 15) is 4.79 Å². The summed E-state index contributed by atoms with van der Waals surface area (Å²) >= 11 is 6.02. The minimum Gasteiger partial charge on any atom is -0.326 e. The van der Waals surface area contributed by atoms with Crippen LogP contribution in [-0.4, -0.2) is 4.57 Å². The Labute approximate surface area is 82.1 Å². The number of rotatable bonds is 1. The third kappa shape index (κ3) is 1.49. The molecule has 0 spiro atoms. The zero-order valence-electron chi connectivity index (χ0n) is 8.02. The fraction of sp³-hybridized carbons (Fsp3) is 0.444. The fourth-order valence-corrected chi connectivity index (χ4v) is 1.55. The van der Waals surface area contributed by atoms with Gasteiger partial charge in [0.2, 0.25) is 0 Å². The predicted molar refractivity (Wildman–Crippen MR) is 54.1 cm³/mol. The Morgan fingerprint density at radius 1 is 1.46 bits per heavy atom. The van der Waals surface area contributed by atoms with Crippen molar-refractivity contribution >= 4 is 11.6 Å². The number of nitrogens with two attached hydrogens (primary N) is 1. The molecule has 0 aliphatic heterocycles. The summed E-state index contributed by atoms with van der Waals surface area (Å²) in [6, 6.07) is 0. The second-order valence-electron chi connectivity index (χ2n) is 3.07. The summed E-state index contributed by atoms with van der Waals surface area (Å²) in [6.07, 6.45) is 0. The highest BCUT2D eigenvalue weighted by Crippen LogP contribution is 2.19. The summed E-state index contributed by atoms with van der Waals surface area (Å²) in [7, 11) is 1.70. The number of pyridine rings is 1. The Bertz CT molecular complexity index is 396. The fourth-order valence-electron chi connectivity index (χ4n) is 1.31. The van der Waals surface area contributed by atoms with Crippen molar-refractivity contribution in [1.82, 2.24) is 4.57 Å². The van der Waals surface area contributed by atoms with Crippen LogP contribution in [0.1, 0.15) is 16.8 Å². The van der Waals surface area contributed by atoms with Crippen LogP contribution in [0.25, 0.3) is 0 Å². The third-order valence-electron chi connectivity index (χ3n) is 2.37. The molecule has 0 saturated heterocycles. The van der Waals surface area contributed by atoms with Crippen molar-refractivity contribution < 1.29 is 0 Å². The van der Waals surface area contributed by atoms with Crippen molar-refractivity contribution in [3.05, 3.63) is 32.2 Å². The molecular weight excluding hydrogens is 188 g/mol. The van der Waals surface area contributed by atoms with Crippen LogP contribution in [-0.2, 0) is 13.6 Å². The number of nitrogens with zero attached hydrogens (tertiary/aromatic N) is 1. The van der Waals surface area contributed by atoms with Gasteiger partial charge in [-0.25, -0.2) is 0 Å². The van der Waals surface area contributed by atoms with E-state index in [0.717, 1.165) is 11.3 Å². The average Bonchev–Trinajstić information content (AvgIpc) is 2.13. The smallest absolute Gasteiger partial charge is 0.255 e. The first-order valence-corrected chi connectivity index (χ1v) is 4.43. The number of halogens is 1. The van der Waals surface area contributed by atoms with Gasteiger partial charge in [0.05, 0.1) is 5.02 Å². The molecular formula is C9H13ClN2O. The molecule has 0 radical (unpaired) electrons. The zero-order chi connectivity index (χ0) is 10.2. The van der Waals surface area contributed by atoms with E-state index in [-0.39, 0.29) is 12.1 Å². The molecule has 0 aliphatic carbocycles. The van der Waals surface area contributed by atoms with Gasteiger partial charge in [0, 0.05) is 24.8 Å². The molecule has 0 unspecified atom stereocenters. The molecule has 0 fully saturated rings. The van der Waals surface area contributed by atoms with Gasteiger partial charge in [0.25, 0.3) is 5.56 Å². The van der Waals surface area contributed by atoms with Crippen LogP contribution >= 0.6 is 11.6 Å². The Balaban J connectivity index is 3.67. The SMILES string of the molecule is Cc1c(Cl)c(C)n(C)c(=O)c1CN. The standard InChI is InChI=1S/C9H13ClN2O/c1-5-7(4-11)9(13)12(3)6(2)8(5)10/h4,11H2,1-3H3. The van der Waals surface area contributed by atoms with E-state index in [4.69, 9.17) is 17.3 Å². The zero-order valence-corrected chi connectivity index (χ0v) is 8.77. The van der Waals surface area contributed by atoms with Crippen LogP contribution in [0, 0.1) is 13.8 Å². The van der Waals surface area contributed by atoms with Gasteiger partial charge >= 0.3 is 0 Å². The Morgan fingerprint density at radius 3 is 2.46 bits per heavy atom. The lowest BCUT2D eigenvalue weighted by atomic mass is 10.1. The molecule has 1 aromatic rings. The summed E-state index contributed by atoms with van der Waals surface area (Å²) in [5.41, 5.74) is 7.58. The lowest BCUT2D eigenvalue weighted by molar-refractivity contribution is 0.788. The van der Waals surface area contributed by atoms with Crippen LogP contribution < -0.4 is 11.3 Å². The van der Waals surface area contributed by atoms with Gasteiger partial charge in [-0.05, 0) is 19.4 Å². The van der Waals surface area contributed by atoms with Crippen LogP contribution in [0.15, 0.2) is 4.79 Å². The average molecular weight is 201 g/mol. The first kappa shape index (κ1) is 10.3. The highest BCUT2D eigenvalue weighted by molar-refractivity contribution is 6.32. The third-order valence-corrected chi connectivity index (χ3v) is 2.93. The van der Waals surface area contributed by atoms with Gasteiger partial charge in [-0.1, -0.05) is 11.6 Å². The van der Waals surface area contributed by atoms with Gasteiger partial charge in [-0.3, -0.25) is 4.79 Å². The highest BCUT2D eigenvalue weighted by atomic mass is 35.5. The largest absolute Gasteiger partial charge is 0.326 e. The molecule has 1 aromatic heterocycles. The first-order chi connectivity index (χ1) is 6.00. The summed E-state index contributed by atoms with van der Waals surface area (Å²) in [5, 5.41) is 0.627. The van der Waals surface area contributed by atoms with Crippen molar-refractivity contribution in [3.8, 4) is 0 Å². The predicted octanol–water partition coefficient (Wildman–Crippen LogP) is 1.11. The molecule has 4 heteroatoms. The first-order valence-electron chi connectivity index (χ1n) is 4.05. The van der Waals surface area contributed by atoms with E-state index >= 15 is 0 Å². The number of hydrogen-bond acceptors (Lipinski definition) is 2. The molecule has 2 N–H and O–H groups in total.